The van der Waals surface area contributed by atoms with Crippen molar-refractivity contribution in [3.05, 3.63) is 30.1 Å². The van der Waals surface area contributed by atoms with Crippen LogP contribution in [0.5, 0.6) is 0 Å². The predicted molar refractivity (Wildman–Crippen MR) is 88.0 cm³/mol. The van der Waals surface area contributed by atoms with Gasteiger partial charge in [-0.25, -0.2) is 16.8 Å². The Morgan fingerprint density at radius 1 is 1.29 bits per heavy atom. The standard InChI is InChI=1S/C15H19N3O4S2/c1-23(19,20)11-24(21,22)18-13-4-5-14(18)8-15(7-13,10-16)12-3-2-6-17-9-12/h2-3,6,9,13-14H,4-5,7-8,11H2,1H3. The van der Waals surface area contributed by atoms with E-state index in [4.69, 9.17) is 0 Å². The molecule has 2 atom stereocenters. The number of rotatable bonds is 4. The fraction of sp³-hybridized carbons (Fsp3) is 0.600. The molecule has 2 bridgehead atoms. The third kappa shape index (κ3) is 3.06. The summed E-state index contributed by atoms with van der Waals surface area (Å²) in [5.74, 6) is 0. The summed E-state index contributed by atoms with van der Waals surface area (Å²) in [6.45, 7) is 0. The van der Waals surface area contributed by atoms with Gasteiger partial charge in [0, 0.05) is 30.7 Å². The average Bonchev–Trinajstić information content (AvgIpc) is 2.79. The summed E-state index contributed by atoms with van der Waals surface area (Å²) in [6.07, 6.45) is 6.25. The van der Waals surface area contributed by atoms with E-state index in [1.165, 1.54) is 4.31 Å². The zero-order chi connectivity index (χ0) is 17.6. The lowest BCUT2D eigenvalue weighted by molar-refractivity contribution is 0.193. The smallest absolute Gasteiger partial charge is 0.229 e. The normalized spacial score (nSPS) is 30.8. The molecular formula is C15H19N3O4S2. The number of hydrogen-bond acceptors (Lipinski definition) is 6. The number of hydrogen-bond donors (Lipinski definition) is 0. The Labute approximate surface area is 142 Å². The number of nitriles is 1. The van der Waals surface area contributed by atoms with Gasteiger partial charge in [0.2, 0.25) is 10.0 Å². The van der Waals surface area contributed by atoms with Gasteiger partial charge in [0.15, 0.2) is 14.9 Å². The molecule has 2 aliphatic heterocycles. The van der Waals surface area contributed by atoms with Crippen molar-refractivity contribution >= 4 is 19.9 Å². The van der Waals surface area contributed by atoms with Crippen LogP contribution >= 0.6 is 0 Å². The average molecular weight is 369 g/mol. The van der Waals surface area contributed by atoms with Crippen molar-refractivity contribution in [3.63, 3.8) is 0 Å². The monoisotopic (exact) mass is 369 g/mol. The minimum Gasteiger partial charge on any atom is -0.264 e. The van der Waals surface area contributed by atoms with Gasteiger partial charge in [-0.05, 0) is 37.3 Å². The first-order valence-electron chi connectivity index (χ1n) is 7.68. The van der Waals surface area contributed by atoms with Gasteiger partial charge < -0.3 is 0 Å². The molecule has 0 spiro atoms. The van der Waals surface area contributed by atoms with Crippen molar-refractivity contribution in [1.82, 2.24) is 9.29 Å². The van der Waals surface area contributed by atoms with Crippen LogP contribution in [0.2, 0.25) is 0 Å². The van der Waals surface area contributed by atoms with E-state index in [0.717, 1.165) is 11.8 Å². The van der Waals surface area contributed by atoms with Gasteiger partial charge in [0.25, 0.3) is 0 Å². The summed E-state index contributed by atoms with van der Waals surface area (Å²) in [7, 11) is -7.54. The Bertz CT molecular complexity index is 861. The van der Waals surface area contributed by atoms with Gasteiger partial charge in [0.1, 0.15) is 0 Å². The molecule has 2 saturated heterocycles. The number of sulfonamides is 1. The molecule has 2 unspecified atom stereocenters. The largest absolute Gasteiger partial charge is 0.264 e. The van der Waals surface area contributed by atoms with E-state index in [0.29, 0.717) is 25.7 Å². The number of sulfone groups is 1. The first-order valence-corrected chi connectivity index (χ1v) is 11.3. The molecule has 1 aromatic heterocycles. The summed E-state index contributed by atoms with van der Waals surface area (Å²) >= 11 is 0. The van der Waals surface area contributed by atoms with E-state index >= 15 is 0 Å². The van der Waals surface area contributed by atoms with Crippen LogP contribution in [0, 0.1) is 11.3 Å². The molecule has 24 heavy (non-hydrogen) atoms. The molecule has 0 aliphatic carbocycles. The Morgan fingerprint density at radius 3 is 2.38 bits per heavy atom. The lowest BCUT2D eigenvalue weighted by Gasteiger charge is -2.42. The molecule has 7 nitrogen and oxygen atoms in total. The SMILES string of the molecule is CS(=O)(=O)CS(=O)(=O)N1C2CCC1CC(C#N)(c1cccnc1)C2. The van der Waals surface area contributed by atoms with Gasteiger partial charge in [-0.2, -0.15) is 9.57 Å². The maximum absolute atomic E-state index is 12.5. The van der Waals surface area contributed by atoms with Crippen LogP contribution in [0.4, 0.5) is 0 Å². The third-order valence-corrected chi connectivity index (χ3v) is 8.98. The zero-order valence-corrected chi connectivity index (χ0v) is 14.9. The van der Waals surface area contributed by atoms with Crippen LogP contribution in [0.1, 0.15) is 31.2 Å². The van der Waals surface area contributed by atoms with E-state index in [9.17, 15) is 22.1 Å². The van der Waals surface area contributed by atoms with Crippen molar-refractivity contribution in [2.45, 2.75) is 43.2 Å². The molecule has 3 heterocycles. The summed E-state index contributed by atoms with van der Waals surface area (Å²) in [5.41, 5.74) is 0.0292. The number of aromatic nitrogens is 1. The molecule has 0 amide bonds. The minimum atomic E-state index is -3.90. The van der Waals surface area contributed by atoms with Gasteiger partial charge in [0.05, 0.1) is 11.5 Å². The molecule has 0 N–H and O–H groups in total. The summed E-state index contributed by atoms with van der Waals surface area (Å²) in [5, 5.41) is 8.92. The molecule has 9 heteroatoms. The maximum atomic E-state index is 12.5. The quantitative estimate of drug-likeness (QED) is 0.777. The second-order valence-corrected chi connectivity index (χ2v) is 11.1. The van der Waals surface area contributed by atoms with Crippen LogP contribution in [-0.4, -0.2) is 49.5 Å². The third-order valence-electron chi connectivity index (χ3n) is 4.83. The Hall–Kier alpha value is -1.50. The van der Waals surface area contributed by atoms with Crippen LogP contribution in [0.15, 0.2) is 24.5 Å². The molecule has 3 rings (SSSR count). The number of piperidine rings is 1. The zero-order valence-electron chi connectivity index (χ0n) is 13.3. The minimum absolute atomic E-state index is 0.338. The lowest BCUT2D eigenvalue weighted by atomic mass is 9.72. The molecule has 130 valence electrons. The van der Waals surface area contributed by atoms with Crippen LogP contribution in [0.25, 0.3) is 0 Å². The second kappa shape index (κ2) is 5.79. The van der Waals surface area contributed by atoms with Gasteiger partial charge in [-0.1, -0.05) is 6.07 Å². The van der Waals surface area contributed by atoms with Crippen LogP contribution < -0.4 is 0 Å². The molecule has 0 aromatic carbocycles. The topological polar surface area (TPSA) is 108 Å². The Balaban J connectivity index is 1.94. The van der Waals surface area contributed by atoms with Crippen molar-refractivity contribution in [2.24, 2.45) is 0 Å². The Kier molecular flexibility index (Phi) is 4.18. The fourth-order valence-corrected chi connectivity index (χ4v) is 7.95. The van der Waals surface area contributed by atoms with Crippen molar-refractivity contribution in [3.8, 4) is 6.07 Å². The molecule has 2 fully saturated rings. The van der Waals surface area contributed by atoms with E-state index in [1.807, 2.05) is 6.07 Å². The van der Waals surface area contributed by atoms with Gasteiger partial charge >= 0.3 is 0 Å². The highest BCUT2D eigenvalue weighted by molar-refractivity contribution is 8.06. The highest BCUT2D eigenvalue weighted by Gasteiger charge is 2.53. The van der Waals surface area contributed by atoms with Gasteiger partial charge in [-0.3, -0.25) is 4.98 Å². The molecule has 1 aromatic rings. The first kappa shape index (κ1) is 17.3. The highest BCUT2D eigenvalue weighted by Crippen LogP contribution is 2.48. The first-order chi connectivity index (χ1) is 11.2. The lowest BCUT2D eigenvalue weighted by Crippen LogP contribution is -2.52. The summed E-state index contributed by atoms with van der Waals surface area (Å²) in [6, 6.07) is 5.31. The van der Waals surface area contributed by atoms with Gasteiger partial charge in [-0.15, -0.1) is 0 Å². The second-order valence-electron chi connectivity index (χ2n) is 6.71. The molecule has 2 aliphatic rings. The van der Waals surface area contributed by atoms with Crippen LogP contribution in [-0.2, 0) is 25.3 Å². The van der Waals surface area contributed by atoms with Crippen molar-refractivity contribution in [2.75, 3.05) is 11.3 Å². The van der Waals surface area contributed by atoms with E-state index in [1.54, 1.807) is 18.5 Å². The van der Waals surface area contributed by atoms with E-state index in [2.05, 4.69) is 11.1 Å². The number of fused-ring (bicyclic) bond motifs is 2. The summed E-state index contributed by atoms with van der Waals surface area (Å²) in [4.78, 5) is 4.08. The van der Waals surface area contributed by atoms with Crippen LogP contribution in [0.3, 0.4) is 0 Å². The Morgan fingerprint density at radius 2 is 1.92 bits per heavy atom. The highest BCUT2D eigenvalue weighted by atomic mass is 32.3. The van der Waals surface area contributed by atoms with E-state index < -0.39 is 30.4 Å². The maximum Gasteiger partial charge on any atom is 0.229 e. The number of nitrogens with zero attached hydrogens (tertiary/aromatic N) is 3. The fourth-order valence-electron chi connectivity index (χ4n) is 4.03. The molecular weight excluding hydrogens is 350 g/mol. The van der Waals surface area contributed by atoms with E-state index in [-0.39, 0.29) is 12.1 Å². The molecule has 0 saturated carbocycles. The van der Waals surface area contributed by atoms with Crippen molar-refractivity contribution in [1.29, 1.82) is 5.26 Å². The van der Waals surface area contributed by atoms with Crippen molar-refractivity contribution < 1.29 is 16.8 Å². The number of pyridine rings is 1. The molecule has 0 radical (unpaired) electrons. The summed E-state index contributed by atoms with van der Waals surface area (Å²) < 4.78 is 49.4. The predicted octanol–water partition coefficient (Wildman–Crippen LogP) is 0.802.